The van der Waals surface area contributed by atoms with E-state index in [0.29, 0.717) is 0 Å². The molecule has 30 heteroatoms. The Balaban J connectivity index is 1.01. The van der Waals surface area contributed by atoms with Gasteiger partial charge in [0, 0.05) is 7.05 Å². The third kappa shape index (κ3) is 8.34. The van der Waals surface area contributed by atoms with Gasteiger partial charge in [-0.2, -0.15) is 4.98 Å². The van der Waals surface area contributed by atoms with Crippen LogP contribution in [0, 0.1) is 0 Å². The standard InChI is InChI=1S/C30H38FN11O14P2S2/c1-29(2,3)54-28(45)40(4)5-6-48-27(44)37-20-15-21(34-10-33-20)41(11-35-15)25-18-19-30(53-25,8-49-18)9-51-58(47,60)55-17-14(31)13(7-50-57(46,59)56-19)52-24(17)42-12-36-16-22(42)38-26(32)39-23(16)43/h10-14,17-19,24-25H,5-9H2,1-4H3,(H,46,59)(H,47,60)(H3,32,38,39,43)(H,33,34,37,44)/t13-,14-,17-,18-,19+,24-,25-,30-,57+,58+/m1/s1. The molecule has 0 spiro atoms. The van der Waals surface area contributed by atoms with Gasteiger partial charge >= 0.3 is 25.8 Å². The number of carbonyl (C=O) groups is 2. The Bertz CT molecular complexity index is 2490. The number of nitrogens with two attached hydrogens (primary N) is 1. The van der Waals surface area contributed by atoms with Crippen LogP contribution >= 0.6 is 38.1 Å². The number of anilines is 2. The van der Waals surface area contributed by atoms with Gasteiger partial charge in [0.05, 0.1) is 39.0 Å². The lowest BCUT2D eigenvalue weighted by atomic mass is 10.0. The molecule has 10 atom stereocenters. The minimum atomic E-state index is -4.55. The highest BCUT2D eigenvalue weighted by atomic mass is 32.7. The fourth-order valence-electron chi connectivity index (χ4n) is 6.86. The smallest absolute Gasteiger partial charge is 0.412 e. The van der Waals surface area contributed by atoms with Crippen molar-refractivity contribution < 1.29 is 64.9 Å². The molecular formula is C30H38FN11O14P2S2. The van der Waals surface area contributed by atoms with Gasteiger partial charge < -0.3 is 34.3 Å². The number of hydrogen-bond donors (Lipinski definition) is 5. The summed E-state index contributed by atoms with van der Waals surface area (Å²) in [7, 11) is 1.49. The number of aromatic amines is 1. The molecule has 4 saturated heterocycles. The predicted octanol–water partition coefficient (Wildman–Crippen LogP) is 2.75. The van der Waals surface area contributed by atoms with E-state index in [1.54, 1.807) is 20.8 Å². The summed E-state index contributed by atoms with van der Waals surface area (Å²) in [6.07, 6.45) is -8.26. The number of thiol groups is 2. The van der Waals surface area contributed by atoms with E-state index in [-0.39, 0.29) is 53.9 Å². The zero-order valence-corrected chi connectivity index (χ0v) is 35.4. The van der Waals surface area contributed by atoms with E-state index in [1.807, 2.05) is 0 Å². The van der Waals surface area contributed by atoms with Gasteiger partial charge in [-0.25, -0.2) is 43.0 Å². The maximum Gasteiger partial charge on any atom is 0.412 e. The van der Waals surface area contributed by atoms with E-state index < -0.39 is 98.8 Å². The molecular weight excluding hydrogens is 883 g/mol. The lowest BCUT2D eigenvalue weighted by molar-refractivity contribution is -0.182. The summed E-state index contributed by atoms with van der Waals surface area (Å²) in [5, 5.41) is 2.50. The molecule has 0 unspecified atom stereocenters. The van der Waals surface area contributed by atoms with Crippen molar-refractivity contribution in [3.63, 3.8) is 0 Å². The van der Waals surface area contributed by atoms with Crippen LogP contribution in [-0.4, -0.2) is 138 Å². The number of H-pyrrole nitrogens is 1. The van der Waals surface area contributed by atoms with Crippen LogP contribution in [0.5, 0.6) is 0 Å². The van der Waals surface area contributed by atoms with Crippen LogP contribution in [0.1, 0.15) is 33.2 Å². The number of nitrogens with zero attached hydrogens (tertiary/aromatic N) is 8. The molecule has 0 radical (unpaired) electrons. The van der Waals surface area contributed by atoms with Crippen LogP contribution in [0.3, 0.4) is 0 Å². The summed E-state index contributed by atoms with van der Waals surface area (Å²) in [5.41, 5.74) is 2.64. The molecule has 60 heavy (non-hydrogen) atoms. The number of ether oxygens (including phenoxy) is 5. The fourth-order valence-corrected chi connectivity index (χ4v) is 9.83. The number of fused-ring (bicyclic) bond motifs is 4. The first kappa shape index (κ1) is 42.7. The first-order chi connectivity index (χ1) is 28.2. The summed E-state index contributed by atoms with van der Waals surface area (Å²) in [6.45, 7) is -5.53. The van der Waals surface area contributed by atoms with E-state index in [4.69, 9.17) is 47.5 Å². The lowest BCUT2D eigenvalue weighted by Crippen LogP contribution is -2.45. The van der Waals surface area contributed by atoms with Gasteiger partial charge in [-0.05, 0) is 20.8 Å². The number of imidazole rings is 2. The SMILES string of the molecule is CN(CCOC(=O)Nc1ncnc2c1ncn2[C@@H]1O[C@@]23CO[C@@H]1[C@@H]2O[P@@](=O)(S)OC[C@H]1O[C@@H](n2cnc4c(=O)[nH]c(N)nc42)[C@H](O[P@@](=O)(S)OC3)[C@@H]1F)C(=O)OC(C)(C)C. The Morgan fingerprint density at radius 2 is 1.77 bits per heavy atom. The topological polar surface area (TPSA) is 300 Å². The third-order valence-corrected chi connectivity index (χ3v) is 12.7. The number of amides is 2. The van der Waals surface area contributed by atoms with Gasteiger partial charge in [0.2, 0.25) is 5.95 Å². The van der Waals surface area contributed by atoms with Crippen LogP contribution in [0.15, 0.2) is 23.8 Å². The summed E-state index contributed by atoms with van der Waals surface area (Å²) < 4.78 is 98.3. The van der Waals surface area contributed by atoms with Crippen LogP contribution in [-0.2, 0) is 50.9 Å². The fraction of sp³-hybridized carbons (Fsp3) is 0.600. The molecule has 0 aromatic carbocycles. The van der Waals surface area contributed by atoms with Crippen LogP contribution in [0.4, 0.5) is 25.7 Å². The van der Waals surface area contributed by atoms with E-state index in [1.165, 1.54) is 22.8 Å². The molecule has 4 aromatic rings. The molecule has 4 fully saturated rings. The number of rotatable bonds is 6. The molecule has 4 aromatic heterocycles. The summed E-state index contributed by atoms with van der Waals surface area (Å²) in [5.74, 6) is -0.307. The Hall–Kier alpha value is -3.95. The second-order valence-corrected chi connectivity index (χ2v) is 20.7. The molecule has 25 nitrogen and oxygen atoms in total. The van der Waals surface area contributed by atoms with Crippen LogP contribution in [0.2, 0.25) is 0 Å². The highest BCUT2D eigenvalue weighted by Crippen LogP contribution is 2.63. The average Bonchev–Trinajstić information content (AvgIpc) is 3.97. The number of aromatic nitrogens is 8. The molecule has 4 bridgehead atoms. The number of halogens is 1. The molecule has 0 aliphatic carbocycles. The van der Waals surface area contributed by atoms with Crippen molar-refractivity contribution in [3.8, 4) is 0 Å². The van der Waals surface area contributed by atoms with Crippen LogP contribution in [0.25, 0.3) is 22.3 Å². The summed E-state index contributed by atoms with van der Waals surface area (Å²) in [4.78, 5) is 61.8. The molecule has 4 aliphatic rings. The Morgan fingerprint density at radius 3 is 2.52 bits per heavy atom. The molecule has 2 amide bonds. The first-order valence-corrected chi connectivity index (χ1v) is 23.3. The predicted molar refractivity (Wildman–Crippen MR) is 208 cm³/mol. The van der Waals surface area contributed by atoms with E-state index in [2.05, 4.69) is 59.7 Å². The van der Waals surface area contributed by atoms with Crippen molar-refractivity contribution in [3.05, 3.63) is 29.3 Å². The molecule has 4 aliphatic heterocycles. The van der Waals surface area contributed by atoms with Gasteiger partial charge in [0.15, 0.2) is 46.8 Å². The van der Waals surface area contributed by atoms with Crippen molar-refractivity contribution in [2.45, 2.75) is 75.0 Å². The molecule has 326 valence electrons. The normalized spacial score (nSPS) is 33.1. The highest BCUT2D eigenvalue weighted by Gasteiger charge is 2.66. The summed E-state index contributed by atoms with van der Waals surface area (Å²) in [6, 6.07) is 0. The second kappa shape index (κ2) is 15.7. The number of hydrogen-bond acceptors (Lipinski definition) is 20. The molecule has 4 N–H and O–H groups in total. The maximum absolute atomic E-state index is 16.1. The highest BCUT2D eigenvalue weighted by molar-refractivity contribution is 8.44. The maximum atomic E-state index is 16.1. The van der Waals surface area contributed by atoms with Crippen LogP contribution < -0.4 is 16.6 Å². The lowest BCUT2D eigenvalue weighted by Gasteiger charge is -2.32. The molecule has 8 rings (SSSR count). The largest absolute Gasteiger partial charge is 0.447 e. The first-order valence-electron chi connectivity index (χ1n) is 17.9. The monoisotopic (exact) mass is 921 g/mol. The van der Waals surface area contributed by atoms with Crippen molar-refractivity contribution in [2.24, 2.45) is 0 Å². The molecule has 0 saturated carbocycles. The van der Waals surface area contributed by atoms with Crippen molar-refractivity contribution >= 4 is 84.4 Å². The minimum absolute atomic E-state index is 0.0360. The van der Waals surface area contributed by atoms with Gasteiger partial charge in [-0.15, -0.1) is 0 Å². The van der Waals surface area contributed by atoms with Crippen molar-refractivity contribution in [1.82, 2.24) is 43.9 Å². The number of carbonyl (C=O) groups excluding carboxylic acids is 2. The van der Waals surface area contributed by atoms with E-state index in [0.717, 1.165) is 17.2 Å². The number of nitrogen functional groups attached to an aromatic ring is 1. The number of nitrogens with one attached hydrogen (secondary N) is 2. The quantitative estimate of drug-likeness (QED) is 0.137. The van der Waals surface area contributed by atoms with Gasteiger partial charge in [-0.1, -0.05) is 24.5 Å². The number of alkyl halides is 1. The minimum Gasteiger partial charge on any atom is -0.447 e. The zero-order chi connectivity index (χ0) is 42.9. The van der Waals surface area contributed by atoms with Gasteiger partial charge in [0.1, 0.15) is 48.6 Å². The van der Waals surface area contributed by atoms with Gasteiger partial charge in [0.25, 0.3) is 5.56 Å². The van der Waals surface area contributed by atoms with Crippen molar-refractivity contribution in [1.29, 1.82) is 0 Å². The second-order valence-electron chi connectivity index (χ2n) is 14.9. The Kier molecular flexibility index (Phi) is 11.2. The summed E-state index contributed by atoms with van der Waals surface area (Å²) >= 11 is 8.30. The third-order valence-electron chi connectivity index (χ3n) is 9.56. The average molecular weight is 922 g/mol. The zero-order valence-electron chi connectivity index (χ0n) is 31.8. The van der Waals surface area contributed by atoms with E-state index >= 15 is 4.39 Å². The number of likely N-dealkylation sites (N-methyl/N-ethyl adjacent to an activating group) is 1. The van der Waals surface area contributed by atoms with Gasteiger partial charge in [-0.3, -0.25) is 42.3 Å². The Labute approximate surface area is 347 Å². The van der Waals surface area contributed by atoms with Crippen molar-refractivity contribution in [2.75, 3.05) is 51.1 Å². The molecule has 8 heterocycles. The Morgan fingerprint density at radius 1 is 1.05 bits per heavy atom. The van der Waals surface area contributed by atoms with E-state index in [9.17, 15) is 23.5 Å².